The smallest absolute Gasteiger partial charge is 0.330 e. The molecule has 0 aromatic heterocycles. The zero-order chi connectivity index (χ0) is 11.3. The van der Waals surface area contributed by atoms with E-state index in [2.05, 4.69) is 0 Å². The molecule has 0 amide bonds. The minimum Gasteiger partial charge on any atom is -0.508 e. The number of phenols is 1. The molecule has 1 aromatic rings. The monoisotopic (exact) mass is 230 g/mol. The van der Waals surface area contributed by atoms with E-state index in [0.29, 0.717) is 12.6 Å². The van der Waals surface area contributed by atoms with E-state index in [1.165, 1.54) is 14.2 Å². The molecule has 84 valence electrons. The van der Waals surface area contributed by atoms with E-state index in [1.54, 1.807) is 24.3 Å². The van der Waals surface area contributed by atoms with E-state index < -0.39 is 7.60 Å². The van der Waals surface area contributed by atoms with E-state index in [1.807, 2.05) is 0 Å². The lowest BCUT2D eigenvalue weighted by Gasteiger charge is -2.13. The van der Waals surface area contributed by atoms with Gasteiger partial charge in [-0.15, -0.1) is 0 Å². The Morgan fingerprint density at radius 2 is 1.73 bits per heavy atom. The second kappa shape index (κ2) is 5.31. The van der Waals surface area contributed by atoms with Crippen LogP contribution in [0.4, 0.5) is 0 Å². The Morgan fingerprint density at radius 3 is 2.20 bits per heavy atom. The van der Waals surface area contributed by atoms with Gasteiger partial charge < -0.3 is 14.2 Å². The van der Waals surface area contributed by atoms with E-state index in [4.69, 9.17) is 14.2 Å². The number of aryl methyl sites for hydroxylation is 1. The third-order valence-electron chi connectivity index (χ3n) is 2.17. The van der Waals surface area contributed by atoms with Gasteiger partial charge in [0.2, 0.25) is 0 Å². The fourth-order valence-corrected chi connectivity index (χ4v) is 2.23. The maximum Gasteiger partial charge on any atom is 0.330 e. The number of aromatic hydroxyl groups is 1. The van der Waals surface area contributed by atoms with Gasteiger partial charge in [0.25, 0.3) is 0 Å². The minimum atomic E-state index is -2.92. The molecule has 0 aliphatic rings. The van der Waals surface area contributed by atoms with Crippen molar-refractivity contribution in [3.63, 3.8) is 0 Å². The third-order valence-corrected chi connectivity index (χ3v) is 4.05. The van der Waals surface area contributed by atoms with Crippen LogP contribution in [0, 0.1) is 0 Å². The van der Waals surface area contributed by atoms with Crippen molar-refractivity contribution in [2.45, 2.75) is 6.42 Å². The number of benzene rings is 1. The summed E-state index contributed by atoms with van der Waals surface area (Å²) in [4.78, 5) is 0. The number of phenolic OH excluding ortho intramolecular Hbond substituents is 1. The molecular weight excluding hydrogens is 215 g/mol. The van der Waals surface area contributed by atoms with Gasteiger partial charge in [-0.1, -0.05) is 12.1 Å². The van der Waals surface area contributed by atoms with Gasteiger partial charge in [-0.3, -0.25) is 4.57 Å². The van der Waals surface area contributed by atoms with Crippen LogP contribution in [0.25, 0.3) is 0 Å². The van der Waals surface area contributed by atoms with Gasteiger partial charge in [-0.25, -0.2) is 0 Å². The first-order chi connectivity index (χ1) is 7.09. The molecule has 1 N–H and O–H groups in total. The largest absolute Gasteiger partial charge is 0.508 e. The van der Waals surface area contributed by atoms with Crippen LogP contribution in [0.1, 0.15) is 5.56 Å². The summed E-state index contributed by atoms with van der Waals surface area (Å²) in [5.41, 5.74) is 0.988. The lowest BCUT2D eigenvalue weighted by atomic mass is 10.2. The highest BCUT2D eigenvalue weighted by Gasteiger charge is 2.20. The summed E-state index contributed by atoms with van der Waals surface area (Å²) in [6.07, 6.45) is 0.935. The number of hydrogen-bond donors (Lipinski definition) is 1. The second-order valence-electron chi connectivity index (χ2n) is 3.12. The molecule has 0 radical (unpaired) electrons. The Balaban J connectivity index is 2.57. The molecular formula is C10H15O4P. The molecule has 0 atom stereocenters. The molecule has 15 heavy (non-hydrogen) atoms. The Hall–Kier alpha value is -0.830. The summed E-state index contributed by atoms with van der Waals surface area (Å²) in [6, 6.07) is 6.76. The lowest BCUT2D eigenvalue weighted by molar-refractivity contribution is 0.276. The predicted octanol–water partition coefficient (Wildman–Crippen LogP) is 2.42. The van der Waals surface area contributed by atoms with Crippen molar-refractivity contribution >= 4 is 7.60 Å². The standard InChI is InChI=1S/C10H15O4P/c1-13-15(12,14-2)8-7-9-3-5-10(11)6-4-9/h3-6,11H,7-8H2,1-2H3. The number of hydrogen-bond acceptors (Lipinski definition) is 4. The van der Waals surface area contributed by atoms with E-state index >= 15 is 0 Å². The van der Waals surface area contributed by atoms with Crippen LogP contribution in [-0.4, -0.2) is 25.5 Å². The molecule has 5 heteroatoms. The molecule has 1 aromatic carbocycles. The average Bonchev–Trinajstić information content (AvgIpc) is 2.28. The fourth-order valence-electron chi connectivity index (χ4n) is 1.19. The van der Waals surface area contributed by atoms with Gasteiger partial charge in [-0.05, 0) is 24.1 Å². The topological polar surface area (TPSA) is 55.8 Å². The number of rotatable bonds is 5. The van der Waals surface area contributed by atoms with E-state index in [-0.39, 0.29) is 5.75 Å². The average molecular weight is 230 g/mol. The molecule has 0 spiro atoms. The van der Waals surface area contributed by atoms with Gasteiger partial charge in [0.05, 0.1) is 6.16 Å². The summed E-state index contributed by atoms with van der Waals surface area (Å²) in [5, 5.41) is 9.07. The molecule has 0 saturated carbocycles. The van der Waals surface area contributed by atoms with Crippen LogP contribution in [0.3, 0.4) is 0 Å². The maximum absolute atomic E-state index is 11.7. The fraction of sp³-hybridized carbons (Fsp3) is 0.400. The van der Waals surface area contributed by atoms with Crippen molar-refractivity contribution in [1.29, 1.82) is 0 Å². The first-order valence-electron chi connectivity index (χ1n) is 4.58. The highest BCUT2D eigenvalue weighted by atomic mass is 31.2. The second-order valence-corrected chi connectivity index (χ2v) is 5.52. The van der Waals surface area contributed by atoms with Crippen molar-refractivity contribution in [2.24, 2.45) is 0 Å². The summed E-state index contributed by atoms with van der Waals surface area (Å²) in [7, 11) is -0.169. The van der Waals surface area contributed by atoms with Gasteiger partial charge in [0, 0.05) is 14.2 Å². The van der Waals surface area contributed by atoms with Gasteiger partial charge >= 0.3 is 7.60 Å². The highest BCUT2D eigenvalue weighted by Crippen LogP contribution is 2.46. The van der Waals surface area contributed by atoms with E-state index in [9.17, 15) is 4.57 Å². The quantitative estimate of drug-likeness (QED) is 0.789. The first-order valence-corrected chi connectivity index (χ1v) is 6.31. The van der Waals surface area contributed by atoms with Crippen molar-refractivity contribution in [3.05, 3.63) is 29.8 Å². The summed E-state index contributed by atoms with van der Waals surface area (Å²) < 4.78 is 21.3. The van der Waals surface area contributed by atoms with Crippen molar-refractivity contribution < 1.29 is 18.7 Å². The zero-order valence-electron chi connectivity index (χ0n) is 8.84. The van der Waals surface area contributed by atoms with Crippen molar-refractivity contribution in [3.8, 4) is 5.75 Å². The minimum absolute atomic E-state index is 0.223. The molecule has 0 aliphatic carbocycles. The van der Waals surface area contributed by atoms with Crippen LogP contribution in [-0.2, 0) is 20.0 Å². The summed E-state index contributed by atoms with van der Waals surface area (Å²) in [6.45, 7) is 0. The van der Waals surface area contributed by atoms with Gasteiger partial charge in [0.15, 0.2) is 0 Å². The van der Waals surface area contributed by atoms with Gasteiger partial charge in [-0.2, -0.15) is 0 Å². The van der Waals surface area contributed by atoms with Crippen molar-refractivity contribution in [2.75, 3.05) is 20.4 Å². The normalized spacial score (nSPS) is 11.6. The Bertz CT molecular complexity index is 339. The molecule has 1 rings (SSSR count). The lowest BCUT2D eigenvalue weighted by Crippen LogP contribution is -1.98. The van der Waals surface area contributed by atoms with Gasteiger partial charge in [0.1, 0.15) is 5.75 Å². The third kappa shape index (κ3) is 3.67. The predicted molar refractivity (Wildman–Crippen MR) is 58.3 cm³/mol. The Labute approximate surface area is 89.4 Å². The van der Waals surface area contributed by atoms with Crippen molar-refractivity contribution in [1.82, 2.24) is 0 Å². The molecule has 0 saturated heterocycles. The Morgan fingerprint density at radius 1 is 1.20 bits per heavy atom. The van der Waals surface area contributed by atoms with Crippen LogP contribution in [0.15, 0.2) is 24.3 Å². The van der Waals surface area contributed by atoms with Crippen LogP contribution in [0.2, 0.25) is 0 Å². The van der Waals surface area contributed by atoms with Crippen LogP contribution >= 0.6 is 7.60 Å². The molecule has 4 nitrogen and oxygen atoms in total. The Kier molecular flexibility index (Phi) is 4.33. The van der Waals surface area contributed by atoms with Crippen LogP contribution < -0.4 is 0 Å². The zero-order valence-corrected chi connectivity index (χ0v) is 9.74. The molecule has 0 bridgehead atoms. The summed E-state index contributed by atoms with van der Waals surface area (Å²) in [5.74, 6) is 0.223. The van der Waals surface area contributed by atoms with Crippen LogP contribution in [0.5, 0.6) is 5.75 Å². The summed E-state index contributed by atoms with van der Waals surface area (Å²) >= 11 is 0. The highest BCUT2D eigenvalue weighted by molar-refractivity contribution is 7.53. The first kappa shape index (κ1) is 12.2. The molecule has 0 fully saturated rings. The molecule has 0 unspecified atom stereocenters. The SMILES string of the molecule is COP(=O)(CCc1ccc(O)cc1)OC. The molecule has 0 heterocycles. The van der Waals surface area contributed by atoms with E-state index in [0.717, 1.165) is 5.56 Å². The maximum atomic E-state index is 11.7. The molecule has 0 aliphatic heterocycles.